The van der Waals surface area contributed by atoms with Crippen LogP contribution in [0, 0.1) is 11.3 Å². The van der Waals surface area contributed by atoms with Gasteiger partial charge in [-0.05, 0) is 56.2 Å². The van der Waals surface area contributed by atoms with Gasteiger partial charge in [0, 0.05) is 11.6 Å². The molecule has 0 radical (unpaired) electrons. The molecule has 1 aromatic carbocycles. The summed E-state index contributed by atoms with van der Waals surface area (Å²) in [4.78, 5) is 23.2. The Balaban J connectivity index is 1.67. The van der Waals surface area contributed by atoms with Gasteiger partial charge in [-0.2, -0.15) is 0 Å². The van der Waals surface area contributed by atoms with Crippen molar-refractivity contribution in [2.75, 3.05) is 5.32 Å². The molecule has 0 aliphatic heterocycles. The molecule has 1 spiro atoms. The number of aliphatic carboxylic acids is 1. The first-order valence-electron chi connectivity index (χ1n) is 7.00. The standard InChI is InChI=1S/C16H19NO3/c1-15(2,14(19)20)10-3-5-11(6-4-10)17-13(18)12-9-16(12)7-8-16/h3-6,12H,7-9H2,1-2H3,(H,17,18)(H,19,20). The van der Waals surface area contributed by atoms with Gasteiger partial charge in [-0.1, -0.05) is 12.1 Å². The quantitative estimate of drug-likeness (QED) is 0.886. The van der Waals surface area contributed by atoms with Gasteiger partial charge in [0.05, 0.1) is 5.41 Å². The number of rotatable bonds is 4. The minimum atomic E-state index is -0.920. The van der Waals surface area contributed by atoms with E-state index in [1.54, 1.807) is 38.1 Å². The van der Waals surface area contributed by atoms with E-state index in [1.807, 2.05) is 0 Å². The van der Waals surface area contributed by atoms with Crippen LogP contribution in [0.4, 0.5) is 5.69 Å². The van der Waals surface area contributed by atoms with Crippen molar-refractivity contribution in [1.82, 2.24) is 0 Å². The van der Waals surface area contributed by atoms with Crippen molar-refractivity contribution in [2.45, 2.75) is 38.5 Å². The van der Waals surface area contributed by atoms with Gasteiger partial charge in [-0.25, -0.2) is 0 Å². The van der Waals surface area contributed by atoms with E-state index >= 15 is 0 Å². The fraction of sp³-hybridized carbons (Fsp3) is 0.500. The fourth-order valence-corrected chi connectivity index (χ4v) is 2.75. The average molecular weight is 273 g/mol. The van der Waals surface area contributed by atoms with Crippen molar-refractivity contribution in [3.63, 3.8) is 0 Å². The van der Waals surface area contributed by atoms with Gasteiger partial charge in [0.1, 0.15) is 0 Å². The van der Waals surface area contributed by atoms with Crippen LogP contribution >= 0.6 is 0 Å². The van der Waals surface area contributed by atoms with Crippen molar-refractivity contribution < 1.29 is 14.7 Å². The lowest BCUT2D eigenvalue weighted by Gasteiger charge is -2.19. The van der Waals surface area contributed by atoms with Gasteiger partial charge < -0.3 is 10.4 Å². The molecule has 2 fully saturated rings. The van der Waals surface area contributed by atoms with Crippen molar-refractivity contribution in [3.05, 3.63) is 29.8 Å². The van der Waals surface area contributed by atoms with Gasteiger partial charge in [0.25, 0.3) is 0 Å². The first-order valence-corrected chi connectivity index (χ1v) is 7.00. The van der Waals surface area contributed by atoms with E-state index in [0.29, 0.717) is 5.41 Å². The topological polar surface area (TPSA) is 66.4 Å². The van der Waals surface area contributed by atoms with Crippen LogP contribution in [0.2, 0.25) is 0 Å². The maximum absolute atomic E-state index is 12.0. The van der Waals surface area contributed by atoms with Gasteiger partial charge in [-0.3, -0.25) is 9.59 Å². The zero-order chi connectivity index (χ0) is 14.5. The van der Waals surface area contributed by atoms with E-state index in [2.05, 4.69) is 5.32 Å². The van der Waals surface area contributed by atoms with Gasteiger partial charge in [0.2, 0.25) is 5.91 Å². The largest absolute Gasteiger partial charge is 0.481 e. The predicted octanol–water partition coefficient (Wildman–Crippen LogP) is 2.79. The maximum Gasteiger partial charge on any atom is 0.313 e. The van der Waals surface area contributed by atoms with Crippen LogP contribution in [0.15, 0.2) is 24.3 Å². The Bertz CT molecular complexity index is 570. The second kappa shape index (κ2) is 4.08. The minimum absolute atomic E-state index is 0.104. The van der Waals surface area contributed by atoms with Crippen LogP contribution in [-0.4, -0.2) is 17.0 Å². The summed E-state index contributed by atoms with van der Waals surface area (Å²) in [6.07, 6.45) is 3.41. The van der Waals surface area contributed by atoms with Crippen LogP contribution in [0.5, 0.6) is 0 Å². The van der Waals surface area contributed by atoms with Gasteiger partial charge in [-0.15, -0.1) is 0 Å². The van der Waals surface area contributed by atoms with Crippen LogP contribution in [0.25, 0.3) is 0 Å². The number of hydrogen-bond acceptors (Lipinski definition) is 2. The van der Waals surface area contributed by atoms with Crippen LogP contribution < -0.4 is 5.32 Å². The number of anilines is 1. The molecule has 2 N–H and O–H groups in total. The van der Waals surface area contributed by atoms with Crippen molar-refractivity contribution in [1.29, 1.82) is 0 Å². The van der Waals surface area contributed by atoms with Crippen molar-refractivity contribution in [2.24, 2.45) is 11.3 Å². The molecule has 0 saturated heterocycles. The number of carbonyl (C=O) groups is 2. The molecule has 0 bridgehead atoms. The lowest BCUT2D eigenvalue weighted by atomic mass is 9.85. The summed E-state index contributed by atoms with van der Waals surface area (Å²) in [6, 6.07) is 7.09. The van der Waals surface area contributed by atoms with Crippen LogP contribution in [0.1, 0.15) is 38.7 Å². The number of carboxylic acids is 1. The lowest BCUT2D eigenvalue weighted by molar-refractivity contribution is -0.142. The molecule has 1 atom stereocenters. The summed E-state index contributed by atoms with van der Waals surface area (Å²) in [6.45, 7) is 3.34. The number of nitrogens with one attached hydrogen (secondary N) is 1. The minimum Gasteiger partial charge on any atom is -0.481 e. The summed E-state index contributed by atoms with van der Waals surface area (Å²) in [5, 5.41) is 12.1. The number of hydrogen-bond donors (Lipinski definition) is 2. The summed E-state index contributed by atoms with van der Waals surface area (Å²) in [5.41, 5.74) is 0.905. The molecule has 4 nitrogen and oxygen atoms in total. The molecule has 2 aliphatic carbocycles. The SMILES string of the molecule is CC(C)(C(=O)O)c1ccc(NC(=O)C2CC23CC3)cc1. The number of carbonyl (C=O) groups excluding carboxylic acids is 1. The summed E-state index contributed by atoms with van der Waals surface area (Å²) < 4.78 is 0. The monoisotopic (exact) mass is 273 g/mol. The first kappa shape index (κ1) is 13.2. The highest BCUT2D eigenvalue weighted by atomic mass is 16.4. The van der Waals surface area contributed by atoms with Crippen molar-refractivity contribution in [3.8, 4) is 0 Å². The predicted molar refractivity (Wildman–Crippen MR) is 75.5 cm³/mol. The molecule has 2 saturated carbocycles. The molecular weight excluding hydrogens is 254 g/mol. The lowest BCUT2D eigenvalue weighted by Crippen LogP contribution is -2.28. The highest BCUT2D eigenvalue weighted by molar-refractivity contribution is 5.95. The summed E-state index contributed by atoms with van der Waals surface area (Å²) in [5.74, 6) is -0.562. The number of carboxylic acid groups (broad SMARTS) is 1. The average Bonchev–Trinajstić information content (AvgIpc) is 3.30. The molecule has 1 amide bonds. The highest BCUT2D eigenvalue weighted by Gasteiger charge is 2.65. The van der Waals surface area contributed by atoms with E-state index in [0.717, 1.165) is 17.7 Å². The van der Waals surface area contributed by atoms with E-state index in [9.17, 15) is 14.7 Å². The molecule has 1 aromatic rings. The first-order chi connectivity index (χ1) is 9.35. The van der Waals surface area contributed by atoms with Gasteiger partial charge >= 0.3 is 5.97 Å². The third-order valence-electron chi connectivity index (χ3n) is 4.81. The number of amides is 1. The molecule has 20 heavy (non-hydrogen) atoms. The zero-order valence-corrected chi connectivity index (χ0v) is 11.8. The molecule has 0 aromatic heterocycles. The Kier molecular flexibility index (Phi) is 2.68. The third kappa shape index (κ3) is 2.09. The Morgan fingerprint density at radius 3 is 2.30 bits per heavy atom. The molecular formula is C16H19NO3. The van der Waals surface area contributed by atoms with E-state index in [4.69, 9.17) is 0 Å². The fourth-order valence-electron chi connectivity index (χ4n) is 2.75. The number of benzene rings is 1. The van der Waals surface area contributed by atoms with Crippen LogP contribution in [-0.2, 0) is 15.0 Å². The Labute approximate surface area is 118 Å². The molecule has 0 heterocycles. The second-order valence-electron chi connectivity index (χ2n) is 6.62. The Hall–Kier alpha value is -1.84. The molecule has 2 aliphatic rings. The van der Waals surface area contributed by atoms with Crippen molar-refractivity contribution >= 4 is 17.6 Å². The summed E-state index contributed by atoms with van der Waals surface area (Å²) >= 11 is 0. The van der Waals surface area contributed by atoms with Crippen LogP contribution in [0.3, 0.4) is 0 Å². The van der Waals surface area contributed by atoms with Gasteiger partial charge in [0.15, 0.2) is 0 Å². The Morgan fingerprint density at radius 2 is 1.85 bits per heavy atom. The zero-order valence-electron chi connectivity index (χ0n) is 11.8. The Morgan fingerprint density at radius 1 is 1.25 bits per heavy atom. The second-order valence-corrected chi connectivity index (χ2v) is 6.62. The van der Waals surface area contributed by atoms with E-state index in [-0.39, 0.29) is 11.8 Å². The maximum atomic E-state index is 12.0. The van der Waals surface area contributed by atoms with E-state index in [1.165, 1.54) is 12.8 Å². The molecule has 106 valence electrons. The highest BCUT2D eigenvalue weighted by Crippen LogP contribution is 2.70. The normalized spacial score (nSPS) is 22.4. The molecule has 4 heteroatoms. The molecule has 3 rings (SSSR count). The molecule has 1 unspecified atom stereocenters. The summed E-state index contributed by atoms with van der Waals surface area (Å²) in [7, 11) is 0. The smallest absolute Gasteiger partial charge is 0.313 e. The third-order valence-corrected chi connectivity index (χ3v) is 4.81. The van der Waals surface area contributed by atoms with E-state index < -0.39 is 11.4 Å².